The third-order valence-electron chi connectivity index (χ3n) is 3.66. The fraction of sp³-hybridized carbons (Fsp3) is 0.471. The second-order valence-electron chi connectivity index (χ2n) is 5.62. The van der Waals surface area contributed by atoms with Gasteiger partial charge in [-0.05, 0) is 30.7 Å². The van der Waals surface area contributed by atoms with Crippen molar-refractivity contribution in [3.63, 3.8) is 0 Å². The number of hydrogen-bond donors (Lipinski definition) is 3. The van der Waals surface area contributed by atoms with Crippen molar-refractivity contribution in [3.05, 3.63) is 29.8 Å². The Hall–Kier alpha value is -2.41. The van der Waals surface area contributed by atoms with E-state index in [9.17, 15) is 14.4 Å². The topological polar surface area (TPSA) is 96.5 Å². The molecule has 2 rings (SSSR count). The summed E-state index contributed by atoms with van der Waals surface area (Å²) in [5, 5.41) is 8.43. The summed E-state index contributed by atoms with van der Waals surface area (Å²) in [7, 11) is 0. The number of carbonyl (C=O) groups is 3. The zero-order valence-corrected chi connectivity index (χ0v) is 13.8. The van der Waals surface area contributed by atoms with Crippen molar-refractivity contribution in [2.45, 2.75) is 32.2 Å². The van der Waals surface area contributed by atoms with Crippen LogP contribution >= 0.6 is 0 Å². The average molecular weight is 333 g/mol. The van der Waals surface area contributed by atoms with Crippen molar-refractivity contribution >= 4 is 23.5 Å². The molecule has 3 N–H and O–H groups in total. The number of anilines is 1. The van der Waals surface area contributed by atoms with Crippen molar-refractivity contribution in [3.8, 4) is 0 Å². The molecule has 0 saturated carbocycles. The van der Waals surface area contributed by atoms with E-state index in [-0.39, 0.29) is 24.2 Å². The molecule has 7 nitrogen and oxygen atoms in total. The second-order valence-corrected chi connectivity index (χ2v) is 5.62. The molecule has 0 bridgehead atoms. The van der Waals surface area contributed by atoms with Gasteiger partial charge in [0.25, 0.3) is 0 Å². The highest BCUT2D eigenvalue weighted by Crippen LogP contribution is 2.12. The Labute approximate surface area is 141 Å². The van der Waals surface area contributed by atoms with Crippen molar-refractivity contribution in [2.24, 2.45) is 0 Å². The summed E-state index contributed by atoms with van der Waals surface area (Å²) >= 11 is 0. The largest absolute Gasteiger partial charge is 0.462 e. The molecule has 1 aromatic rings. The van der Waals surface area contributed by atoms with Gasteiger partial charge in [0.15, 0.2) is 0 Å². The van der Waals surface area contributed by atoms with Gasteiger partial charge in [0.2, 0.25) is 11.8 Å². The summed E-state index contributed by atoms with van der Waals surface area (Å²) in [6.07, 6.45) is 1.86. The Kier molecular flexibility index (Phi) is 6.74. The quantitative estimate of drug-likeness (QED) is 0.512. The zero-order chi connectivity index (χ0) is 17.4. The number of hydrogen-bond acceptors (Lipinski definition) is 5. The summed E-state index contributed by atoms with van der Waals surface area (Å²) in [6, 6.07) is 5.99. The third-order valence-corrected chi connectivity index (χ3v) is 3.66. The van der Waals surface area contributed by atoms with E-state index in [1.54, 1.807) is 24.3 Å². The summed E-state index contributed by atoms with van der Waals surface area (Å²) in [5.74, 6) is -0.797. The molecule has 1 aliphatic heterocycles. The van der Waals surface area contributed by atoms with E-state index in [0.717, 1.165) is 12.8 Å². The maximum Gasteiger partial charge on any atom is 0.338 e. The second kappa shape index (κ2) is 9.02. The van der Waals surface area contributed by atoms with Crippen LogP contribution in [0, 0.1) is 0 Å². The molecule has 1 unspecified atom stereocenters. The third kappa shape index (κ3) is 5.34. The predicted octanol–water partition coefficient (Wildman–Crippen LogP) is 1.06. The minimum atomic E-state index is -0.508. The van der Waals surface area contributed by atoms with Crippen LogP contribution in [0.2, 0.25) is 0 Å². The Bertz CT molecular complexity index is 586. The van der Waals surface area contributed by atoms with Gasteiger partial charge in [-0.25, -0.2) is 4.79 Å². The van der Waals surface area contributed by atoms with Gasteiger partial charge in [0, 0.05) is 18.8 Å². The summed E-state index contributed by atoms with van der Waals surface area (Å²) < 4.78 is 5.12. The Morgan fingerprint density at radius 1 is 1.25 bits per heavy atom. The molecule has 1 saturated heterocycles. The zero-order valence-electron chi connectivity index (χ0n) is 13.8. The Morgan fingerprint density at radius 2 is 2.00 bits per heavy atom. The van der Waals surface area contributed by atoms with E-state index in [0.29, 0.717) is 30.9 Å². The molecule has 0 aromatic heterocycles. The lowest BCUT2D eigenvalue weighted by Gasteiger charge is -2.22. The summed E-state index contributed by atoms with van der Waals surface area (Å²) in [5.41, 5.74) is 1.01. The first kappa shape index (κ1) is 17.9. The maximum atomic E-state index is 12.0. The number of esters is 1. The van der Waals surface area contributed by atoms with E-state index in [2.05, 4.69) is 16.0 Å². The molecule has 0 spiro atoms. The van der Waals surface area contributed by atoms with Crippen LogP contribution in [-0.2, 0) is 14.3 Å². The fourth-order valence-electron chi connectivity index (χ4n) is 2.29. The van der Waals surface area contributed by atoms with Crippen LogP contribution < -0.4 is 16.0 Å². The number of carbonyl (C=O) groups excluding carboxylic acids is 3. The molecule has 1 aliphatic rings. The number of unbranched alkanes of at least 4 members (excludes halogenated alkanes) is 1. The predicted molar refractivity (Wildman–Crippen MR) is 89.7 cm³/mol. The van der Waals surface area contributed by atoms with E-state index in [4.69, 9.17) is 4.74 Å². The van der Waals surface area contributed by atoms with Gasteiger partial charge < -0.3 is 20.7 Å². The first-order chi connectivity index (χ1) is 11.6. The minimum Gasteiger partial charge on any atom is -0.462 e. The smallest absolute Gasteiger partial charge is 0.338 e. The number of piperazine rings is 1. The molecular weight excluding hydrogens is 310 g/mol. The molecule has 0 radical (unpaired) electrons. The van der Waals surface area contributed by atoms with E-state index in [1.165, 1.54) is 0 Å². The lowest BCUT2D eigenvalue weighted by molar-refractivity contribution is -0.127. The lowest BCUT2D eigenvalue weighted by Crippen LogP contribution is -2.53. The molecule has 0 aliphatic carbocycles. The van der Waals surface area contributed by atoms with Gasteiger partial charge in [-0.15, -0.1) is 0 Å². The van der Waals surface area contributed by atoms with Gasteiger partial charge in [-0.3, -0.25) is 9.59 Å². The minimum absolute atomic E-state index is 0.0621. The lowest BCUT2D eigenvalue weighted by atomic mass is 10.1. The van der Waals surface area contributed by atoms with Crippen LogP contribution in [0.1, 0.15) is 36.5 Å². The van der Waals surface area contributed by atoms with Crippen LogP contribution in [0.3, 0.4) is 0 Å². The van der Waals surface area contributed by atoms with Crippen LogP contribution in [0.4, 0.5) is 5.69 Å². The molecule has 2 amide bonds. The van der Waals surface area contributed by atoms with Gasteiger partial charge in [-0.1, -0.05) is 13.3 Å². The standard InChI is InChI=1S/C17H23N3O4/c1-2-3-10-24-17(23)12-4-6-13(7-5-12)20-15(21)11-14-16(22)19-9-8-18-14/h4-7,14,18H,2-3,8-11H2,1H3,(H,19,22)(H,20,21). The number of nitrogens with one attached hydrogen (secondary N) is 3. The monoisotopic (exact) mass is 333 g/mol. The molecule has 130 valence electrons. The average Bonchev–Trinajstić information content (AvgIpc) is 2.58. The summed E-state index contributed by atoms with van der Waals surface area (Å²) in [6.45, 7) is 3.66. The van der Waals surface area contributed by atoms with Crippen LogP contribution in [0.15, 0.2) is 24.3 Å². The molecule has 1 fully saturated rings. The normalized spacial score (nSPS) is 17.0. The van der Waals surface area contributed by atoms with Crippen LogP contribution in [0.25, 0.3) is 0 Å². The molecule has 1 aromatic carbocycles. The van der Waals surface area contributed by atoms with Crippen molar-refractivity contribution in [1.82, 2.24) is 10.6 Å². The number of amides is 2. The van der Waals surface area contributed by atoms with E-state index < -0.39 is 6.04 Å². The highest BCUT2D eigenvalue weighted by Gasteiger charge is 2.24. The van der Waals surface area contributed by atoms with Crippen molar-refractivity contribution in [1.29, 1.82) is 0 Å². The van der Waals surface area contributed by atoms with E-state index >= 15 is 0 Å². The van der Waals surface area contributed by atoms with Gasteiger partial charge in [0.1, 0.15) is 0 Å². The van der Waals surface area contributed by atoms with Crippen LogP contribution in [-0.4, -0.2) is 43.5 Å². The maximum absolute atomic E-state index is 12.0. The first-order valence-electron chi connectivity index (χ1n) is 8.18. The molecule has 24 heavy (non-hydrogen) atoms. The fourth-order valence-corrected chi connectivity index (χ4v) is 2.29. The number of ether oxygens (including phenoxy) is 1. The summed E-state index contributed by atoms with van der Waals surface area (Å²) in [4.78, 5) is 35.4. The Balaban J connectivity index is 1.83. The highest BCUT2D eigenvalue weighted by atomic mass is 16.5. The SMILES string of the molecule is CCCCOC(=O)c1ccc(NC(=O)CC2NCCNC2=O)cc1. The Morgan fingerprint density at radius 3 is 2.67 bits per heavy atom. The van der Waals surface area contributed by atoms with E-state index in [1.807, 2.05) is 6.92 Å². The molecule has 1 heterocycles. The van der Waals surface area contributed by atoms with Gasteiger partial charge >= 0.3 is 5.97 Å². The molecule has 7 heteroatoms. The van der Waals surface area contributed by atoms with Crippen molar-refractivity contribution in [2.75, 3.05) is 25.0 Å². The van der Waals surface area contributed by atoms with Crippen molar-refractivity contribution < 1.29 is 19.1 Å². The molecule has 1 atom stereocenters. The highest BCUT2D eigenvalue weighted by molar-refractivity contribution is 5.96. The van der Waals surface area contributed by atoms with Crippen LogP contribution in [0.5, 0.6) is 0 Å². The number of rotatable bonds is 7. The first-order valence-corrected chi connectivity index (χ1v) is 8.18. The van der Waals surface area contributed by atoms with Gasteiger partial charge in [0.05, 0.1) is 24.6 Å². The molecular formula is C17H23N3O4. The van der Waals surface area contributed by atoms with Gasteiger partial charge in [-0.2, -0.15) is 0 Å². The number of benzene rings is 1.